The van der Waals surface area contributed by atoms with Gasteiger partial charge < -0.3 is 10.2 Å². The average Bonchev–Trinajstić information content (AvgIpc) is 3.11. The molecule has 5 rings (SSSR count). The van der Waals surface area contributed by atoms with Crippen molar-refractivity contribution < 1.29 is 4.79 Å². The summed E-state index contributed by atoms with van der Waals surface area (Å²) >= 11 is 18.3. The second kappa shape index (κ2) is 7.24. The Bertz CT molecular complexity index is 1000. The highest BCUT2D eigenvalue weighted by molar-refractivity contribution is 6.31. The van der Waals surface area contributed by atoms with E-state index < -0.39 is 0 Å². The van der Waals surface area contributed by atoms with E-state index in [9.17, 15) is 4.79 Å². The Hall–Kier alpha value is -2.20. The molecule has 0 bridgehead atoms. The van der Waals surface area contributed by atoms with Crippen molar-refractivity contribution in [2.24, 2.45) is 5.92 Å². The molecule has 2 aromatic carbocycles. The first-order valence-electron chi connectivity index (χ1n) is 9.39. The molecule has 1 aliphatic carbocycles. The highest BCUT2D eigenvalue weighted by atomic mass is 35.5. The number of amides is 1. The first-order valence-corrected chi connectivity index (χ1v) is 10.5. The zero-order valence-corrected chi connectivity index (χ0v) is 17.5. The van der Waals surface area contributed by atoms with Crippen LogP contribution in [0.2, 0.25) is 10.0 Å². The van der Waals surface area contributed by atoms with Gasteiger partial charge in [-0.2, -0.15) is 0 Å². The molecule has 0 aromatic heterocycles. The number of carbonyl (C=O) groups excluding carboxylic acids is 1. The Balaban J connectivity index is 1.53. The molecule has 146 valence electrons. The summed E-state index contributed by atoms with van der Waals surface area (Å²) in [4.78, 5) is 15.1. The lowest BCUT2D eigenvalue weighted by atomic mass is 9.79. The molecule has 4 unspecified atom stereocenters. The van der Waals surface area contributed by atoms with Crippen molar-refractivity contribution in [3.63, 3.8) is 0 Å². The highest BCUT2D eigenvalue weighted by Crippen LogP contribution is 2.44. The number of allylic oxidation sites excluding steroid dienone is 2. The number of hydrogen-bond acceptors (Lipinski definition) is 2. The number of benzene rings is 2. The predicted octanol–water partition coefficient (Wildman–Crippen LogP) is 5.66. The van der Waals surface area contributed by atoms with Crippen molar-refractivity contribution in [1.82, 2.24) is 5.32 Å². The SMILES string of the molecule is O=C1C(c2ccc(Cl)cc2)C(C2=CC3C=CC(Cl)=CC3N2)N1c1ccc(Cl)cc1. The summed E-state index contributed by atoms with van der Waals surface area (Å²) < 4.78 is 0. The lowest BCUT2D eigenvalue weighted by Crippen LogP contribution is -2.62. The number of fused-ring (bicyclic) bond motifs is 1. The maximum absolute atomic E-state index is 13.2. The van der Waals surface area contributed by atoms with E-state index in [1.165, 1.54) is 0 Å². The third-order valence-corrected chi connectivity index (χ3v) is 6.44. The molecule has 4 atom stereocenters. The molecule has 6 heteroatoms. The predicted molar refractivity (Wildman–Crippen MR) is 118 cm³/mol. The van der Waals surface area contributed by atoms with Crippen molar-refractivity contribution in [3.05, 3.63) is 99.2 Å². The topological polar surface area (TPSA) is 32.3 Å². The van der Waals surface area contributed by atoms with Crippen molar-refractivity contribution in [2.45, 2.75) is 18.0 Å². The standard InChI is InChI=1S/C23H17Cl3N2O/c24-15-4-1-13(2-5-15)21-22(20-11-14-3-6-17(26)12-19(14)27-20)28(23(21)29)18-9-7-16(25)8-10-18/h1-12,14,19,21-22,27H. The van der Waals surface area contributed by atoms with Crippen LogP contribution in [0.15, 0.2) is 83.6 Å². The molecule has 2 aliphatic heterocycles. The van der Waals surface area contributed by atoms with Crippen LogP contribution in [0, 0.1) is 5.92 Å². The van der Waals surface area contributed by atoms with Gasteiger partial charge in [0.15, 0.2) is 0 Å². The van der Waals surface area contributed by atoms with Crippen LogP contribution in [-0.2, 0) is 4.79 Å². The fraction of sp³-hybridized carbons (Fsp3) is 0.174. The summed E-state index contributed by atoms with van der Waals surface area (Å²) in [6.07, 6.45) is 8.23. The fourth-order valence-electron chi connectivity index (χ4n) is 4.28. The second-order valence-electron chi connectivity index (χ2n) is 7.44. The number of carbonyl (C=O) groups is 1. The normalized spacial score (nSPS) is 27.7. The van der Waals surface area contributed by atoms with Gasteiger partial charge in [0.05, 0.1) is 18.0 Å². The summed E-state index contributed by atoms with van der Waals surface area (Å²) in [5.74, 6) is 0.00718. The molecule has 29 heavy (non-hydrogen) atoms. The number of rotatable bonds is 3. The molecule has 1 N–H and O–H groups in total. The summed E-state index contributed by atoms with van der Waals surface area (Å²) in [6.45, 7) is 0. The minimum Gasteiger partial charge on any atom is -0.380 e. The Morgan fingerprint density at radius 1 is 0.862 bits per heavy atom. The van der Waals surface area contributed by atoms with Gasteiger partial charge in [-0.25, -0.2) is 0 Å². The van der Waals surface area contributed by atoms with Gasteiger partial charge in [-0.1, -0.05) is 59.1 Å². The maximum Gasteiger partial charge on any atom is 0.237 e. The van der Waals surface area contributed by atoms with Crippen LogP contribution in [0.5, 0.6) is 0 Å². The molecule has 2 heterocycles. The van der Waals surface area contributed by atoms with Gasteiger partial charge in [-0.05, 0) is 54.1 Å². The molecule has 0 saturated carbocycles. The van der Waals surface area contributed by atoms with E-state index in [1.807, 2.05) is 53.5 Å². The van der Waals surface area contributed by atoms with Crippen LogP contribution in [-0.4, -0.2) is 18.0 Å². The van der Waals surface area contributed by atoms with Crippen molar-refractivity contribution in [3.8, 4) is 0 Å². The first-order chi connectivity index (χ1) is 14.0. The van der Waals surface area contributed by atoms with Crippen LogP contribution in [0.3, 0.4) is 0 Å². The zero-order chi connectivity index (χ0) is 20.1. The minimum absolute atomic E-state index is 0.0568. The molecule has 1 fully saturated rings. The number of anilines is 1. The number of halogens is 3. The van der Waals surface area contributed by atoms with Gasteiger partial charge in [0.25, 0.3) is 0 Å². The largest absolute Gasteiger partial charge is 0.380 e. The quantitative estimate of drug-likeness (QED) is 0.621. The van der Waals surface area contributed by atoms with E-state index >= 15 is 0 Å². The minimum atomic E-state index is -0.273. The molecule has 3 aliphatic rings. The first kappa shape index (κ1) is 18.8. The van der Waals surface area contributed by atoms with Crippen molar-refractivity contribution >= 4 is 46.4 Å². The van der Waals surface area contributed by atoms with Gasteiger partial charge in [-0.3, -0.25) is 4.79 Å². The molecule has 1 amide bonds. The van der Waals surface area contributed by atoms with E-state index in [2.05, 4.69) is 17.5 Å². The van der Waals surface area contributed by atoms with E-state index in [-0.39, 0.29) is 29.8 Å². The number of nitrogens with one attached hydrogen (secondary N) is 1. The Kier molecular flexibility index (Phi) is 4.70. The van der Waals surface area contributed by atoms with E-state index in [0.29, 0.717) is 10.0 Å². The number of hydrogen-bond donors (Lipinski definition) is 1. The van der Waals surface area contributed by atoms with Gasteiger partial charge in [0.1, 0.15) is 0 Å². The van der Waals surface area contributed by atoms with Crippen LogP contribution in [0.4, 0.5) is 5.69 Å². The van der Waals surface area contributed by atoms with Crippen LogP contribution in [0.25, 0.3) is 0 Å². The van der Waals surface area contributed by atoms with Crippen LogP contribution < -0.4 is 10.2 Å². The number of β-lactam (4-membered cyclic amide) rings is 1. The van der Waals surface area contributed by atoms with Gasteiger partial charge in [0.2, 0.25) is 5.91 Å². The highest BCUT2D eigenvalue weighted by Gasteiger charge is 2.52. The average molecular weight is 444 g/mol. The monoisotopic (exact) mass is 442 g/mol. The number of nitrogens with zero attached hydrogens (tertiary/aromatic N) is 1. The smallest absolute Gasteiger partial charge is 0.237 e. The van der Waals surface area contributed by atoms with Crippen molar-refractivity contribution in [1.29, 1.82) is 0 Å². The Morgan fingerprint density at radius 3 is 2.21 bits per heavy atom. The van der Waals surface area contributed by atoms with E-state index in [4.69, 9.17) is 34.8 Å². The van der Waals surface area contributed by atoms with Crippen molar-refractivity contribution in [2.75, 3.05) is 4.90 Å². The molecule has 0 spiro atoms. The summed E-state index contributed by atoms with van der Waals surface area (Å²) in [7, 11) is 0. The zero-order valence-electron chi connectivity index (χ0n) is 15.2. The van der Waals surface area contributed by atoms with Gasteiger partial charge >= 0.3 is 0 Å². The molecular weight excluding hydrogens is 427 g/mol. The lowest BCUT2D eigenvalue weighted by Gasteiger charge is -2.48. The molecular formula is C23H17Cl3N2O. The molecule has 2 aromatic rings. The molecule has 0 radical (unpaired) electrons. The third kappa shape index (κ3) is 3.28. The summed E-state index contributed by atoms with van der Waals surface area (Å²) in [6, 6.07) is 14.9. The maximum atomic E-state index is 13.2. The second-order valence-corrected chi connectivity index (χ2v) is 8.75. The fourth-order valence-corrected chi connectivity index (χ4v) is 4.74. The van der Waals surface area contributed by atoms with Crippen LogP contribution in [0.1, 0.15) is 11.5 Å². The third-order valence-electron chi connectivity index (χ3n) is 5.69. The summed E-state index contributed by atoms with van der Waals surface area (Å²) in [5, 5.41) is 5.59. The Morgan fingerprint density at radius 2 is 1.52 bits per heavy atom. The van der Waals surface area contributed by atoms with Crippen LogP contribution >= 0.6 is 34.8 Å². The molecule has 1 saturated heterocycles. The Labute approximate surface area is 184 Å². The van der Waals surface area contributed by atoms with Gasteiger partial charge in [0, 0.05) is 32.4 Å². The van der Waals surface area contributed by atoms with Gasteiger partial charge in [-0.15, -0.1) is 0 Å². The molecule has 3 nitrogen and oxygen atoms in total. The summed E-state index contributed by atoms with van der Waals surface area (Å²) in [5.41, 5.74) is 2.81. The van der Waals surface area contributed by atoms with E-state index in [0.717, 1.165) is 22.0 Å². The lowest BCUT2D eigenvalue weighted by molar-refractivity contribution is -0.125. The van der Waals surface area contributed by atoms with E-state index in [1.54, 1.807) is 12.1 Å².